The fraction of sp³-hybridized carbons (Fsp3) is 0.385. The molecule has 0 bridgehead atoms. The lowest BCUT2D eigenvalue weighted by atomic mass is 10.1. The summed E-state index contributed by atoms with van der Waals surface area (Å²) in [6, 6.07) is 2.95. The van der Waals surface area contributed by atoms with Crippen LogP contribution < -0.4 is 10.2 Å². The van der Waals surface area contributed by atoms with Crippen LogP contribution in [0.25, 0.3) is 0 Å². The number of nitrogens with zero attached hydrogens (tertiary/aromatic N) is 1. The van der Waals surface area contributed by atoms with Crippen molar-refractivity contribution in [1.29, 1.82) is 0 Å². The predicted octanol–water partition coefficient (Wildman–Crippen LogP) is 0.939. The second-order valence-corrected chi connectivity index (χ2v) is 7.52. The average molecular weight is 347 g/mol. The highest BCUT2D eigenvalue weighted by Gasteiger charge is 2.32. The van der Waals surface area contributed by atoms with Crippen molar-refractivity contribution in [2.75, 3.05) is 18.6 Å². The third-order valence-corrected chi connectivity index (χ3v) is 5.32. The molecule has 1 atom stereocenters. The quantitative estimate of drug-likeness (QED) is 0.623. The Morgan fingerprint density at radius 2 is 2.27 bits per heavy atom. The van der Waals surface area contributed by atoms with Crippen LogP contribution in [0.4, 0.5) is 0 Å². The smallest absolute Gasteiger partial charge is 0.244 e. The Balaban J connectivity index is 2.01. The van der Waals surface area contributed by atoms with Gasteiger partial charge in [0.15, 0.2) is 21.3 Å². The summed E-state index contributed by atoms with van der Waals surface area (Å²) in [6.07, 6.45) is 1.64. The number of halogens is 1. The van der Waals surface area contributed by atoms with Crippen LogP contribution in [0, 0.1) is 5.92 Å². The number of nitrogens with one attached hydrogen (secondary N) is 1. The number of amides is 1. The van der Waals surface area contributed by atoms with E-state index >= 15 is 0 Å². The van der Waals surface area contributed by atoms with Gasteiger partial charge in [0.05, 0.1) is 35.8 Å². The van der Waals surface area contributed by atoms with Gasteiger partial charge in [-0.15, -0.1) is 0 Å². The minimum atomic E-state index is -3.11. The maximum absolute atomic E-state index is 11.8. The summed E-state index contributed by atoms with van der Waals surface area (Å²) in [5, 5.41) is 13.5. The molecule has 9 heteroatoms. The Labute approximate surface area is 132 Å². The second kappa shape index (κ2) is 6.53. The molecule has 0 radical (unpaired) electrons. The van der Waals surface area contributed by atoms with Crippen LogP contribution in [0.1, 0.15) is 12.0 Å². The summed E-state index contributed by atoms with van der Waals surface area (Å²) in [7, 11) is -1.73. The van der Waals surface area contributed by atoms with E-state index in [0.29, 0.717) is 12.0 Å². The SMILES string of the molecule is COc1cc(/C=N/NC(=O)[C@H]2CCS(=O)(=O)C2)cc(Cl)c1O. The van der Waals surface area contributed by atoms with Gasteiger partial charge < -0.3 is 9.84 Å². The van der Waals surface area contributed by atoms with Gasteiger partial charge in [-0.25, -0.2) is 13.8 Å². The fourth-order valence-electron chi connectivity index (χ4n) is 2.09. The zero-order valence-corrected chi connectivity index (χ0v) is 13.3. The lowest BCUT2D eigenvalue weighted by Crippen LogP contribution is -2.27. The van der Waals surface area contributed by atoms with Crippen molar-refractivity contribution in [3.8, 4) is 11.5 Å². The standard InChI is InChI=1S/C13H15ClN2O5S/c1-21-11-5-8(4-10(14)12(11)17)6-15-16-13(18)9-2-3-22(19,20)7-9/h4-6,9,17H,2-3,7H2,1H3,(H,16,18)/b15-6+/t9-/m0/s1. The summed E-state index contributed by atoms with van der Waals surface area (Å²) >= 11 is 5.83. The van der Waals surface area contributed by atoms with Crippen LogP contribution in [0.5, 0.6) is 11.5 Å². The van der Waals surface area contributed by atoms with Gasteiger partial charge in [0.1, 0.15) is 0 Å². The maximum atomic E-state index is 11.8. The third kappa shape index (κ3) is 3.89. The Morgan fingerprint density at radius 1 is 1.55 bits per heavy atom. The van der Waals surface area contributed by atoms with Crippen molar-refractivity contribution in [3.63, 3.8) is 0 Å². The highest BCUT2D eigenvalue weighted by atomic mass is 35.5. The molecule has 22 heavy (non-hydrogen) atoms. The van der Waals surface area contributed by atoms with Gasteiger partial charge in [-0.3, -0.25) is 4.79 Å². The topological polar surface area (TPSA) is 105 Å². The van der Waals surface area contributed by atoms with Gasteiger partial charge in [-0.05, 0) is 24.1 Å². The molecule has 2 rings (SSSR count). The van der Waals surface area contributed by atoms with Crippen molar-refractivity contribution in [3.05, 3.63) is 22.7 Å². The number of benzene rings is 1. The van der Waals surface area contributed by atoms with Gasteiger partial charge in [-0.2, -0.15) is 5.10 Å². The van der Waals surface area contributed by atoms with Crippen molar-refractivity contribution in [2.24, 2.45) is 11.0 Å². The zero-order valence-electron chi connectivity index (χ0n) is 11.7. The summed E-state index contributed by atoms with van der Waals surface area (Å²) < 4.78 is 27.6. The molecule has 1 aliphatic heterocycles. The summed E-state index contributed by atoms with van der Waals surface area (Å²) in [5.74, 6) is -1.12. The highest BCUT2D eigenvalue weighted by Crippen LogP contribution is 2.34. The maximum Gasteiger partial charge on any atom is 0.244 e. The Hall–Kier alpha value is -1.80. The number of rotatable bonds is 4. The first-order valence-electron chi connectivity index (χ1n) is 6.42. The molecule has 1 amide bonds. The van der Waals surface area contributed by atoms with E-state index in [0.717, 1.165) is 0 Å². The van der Waals surface area contributed by atoms with Gasteiger partial charge >= 0.3 is 0 Å². The van der Waals surface area contributed by atoms with Gasteiger partial charge in [0.25, 0.3) is 0 Å². The first-order valence-corrected chi connectivity index (χ1v) is 8.62. The van der Waals surface area contributed by atoms with E-state index in [9.17, 15) is 18.3 Å². The molecule has 1 aromatic carbocycles. The molecule has 0 aliphatic carbocycles. The van der Waals surface area contributed by atoms with E-state index in [2.05, 4.69) is 10.5 Å². The summed E-state index contributed by atoms with van der Waals surface area (Å²) in [4.78, 5) is 11.8. The van der Waals surface area contributed by atoms with Crippen molar-refractivity contribution < 1.29 is 23.1 Å². The average Bonchev–Trinajstić information content (AvgIpc) is 2.82. The molecule has 1 aromatic rings. The molecule has 1 fully saturated rings. The Kier molecular flexibility index (Phi) is 4.92. The summed E-state index contributed by atoms with van der Waals surface area (Å²) in [6.45, 7) is 0. The number of aromatic hydroxyl groups is 1. The number of phenols is 1. The number of ether oxygens (including phenoxy) is 1. The normalized spacial score (nSPS) is 20.2. The van der Waals surface area contributed by atoms with Crippen LogP contribution in [-0.2, 0) is 14.6 Å². The lowest BCUT2D eigenvalue weighted by molar-refractivity contribution is -0.124. The van der Waals surface area contributed by atoms with E-state index < -0.39 is 21.7 Å². The summed E-state index contributed by atoms with van der Waals surface area (Å²) in [5.41, 5.74) is 2.82. The van der Waals surface area contributed by atoms with E-state index in [-0.39, 0.29) is 28.0 Å². The van der Waals surface area contributed by atoms with E-state index in [4.69, 9.17) is 16.3 Å². The van der Waals surface area contributed by atoms with E-state index in [1.165, 1.54) is 25.5 Å². The van der Waals surface area contributed by atoms with E-state index in [1.807, 2.05) is 0 Å². The Morgan fingerprint density at radius 3 is 2.86 bits per heavy atom. The van der Waals surface area contributed by atoms with Gasteiger partial charge in [0.2, 0.25) is 5.91 Å². The molecule has 0 aromatic heterocycles. The minimum absolute atomic E-state index is 0.0274. The van der Waals surface area contributed by atoms with Crippen LogP contribution in [0.2, 0.25) is 5.02 Å². The molecule has 7 nitrogen and oxygen atoms in total. The Bertz CT molecular complexity index is 717. The van der Waals surface area contributed by atoms with Crippen LogP contribution in [0.15, 0.2) is 17.2 Å². The number of hydrazone groups is 1. The number of carbonyl (C=O) groups excluding carboxylic acids is 1. The largest absolute Gasteiger partial charge is 0.503 e. The second-order valence-electron chi connectivity index (χ2n) is 4.89. The zero-order chi connectivity index (χ0) is 16.3. The fourth-order valence-corrected chi connectivity index (χ4v) is 4.05. The molecule has 0 saturated carbocycles. The predicted molar refractivity (Wildman–Crippen MR) is 82.2 cm³/mol. The van der Waals surface area contributed by atoms with Crippen molar-refractivity contribution in [2.45, 2.75) is 6.42 Å². The third-order valence-electron chi connectivity index (χ3n) is 3.26. The number of carbonyl (C=O) groups is 1. The van der Waals surface area contributed by atoms with E-state index in [1.54, 1.807) is 0 Å². The minimum Gasteiger partial charge on any atom is -0.503 e. The molecule has 1 heterocycles. The van der Waals surface area contributed by atoms with Crippen molar-refractivity contribution >= 4 is 33.6 Å². The van der Waals surface area contributed by atoms with Crippen LogP contribution >= 0.6 is 11.6 Å². The first-order chi connectivity index (χ1) is 10.3. The number of hydrogen-bond acceptors (Lipinski definition) is 6. The number of hydrogen-bond donors (Lipinski definition) is 2. The molecular weight excluding hydrogens is 332 g/mol. The van der Waals surface area contributed by atoms with Crippen LogP contribution in [0.3, 0.4) is 0 Å². The lowest BCUT2D eigenvalue weighted by Gasteiger charge is -2.07. The first kappa shape index (κ1) is 16.6. The van der Waals surface area contributed by atoms with Crippen molar-refractivity contribution in [1.82, 2.24) is 5.43 Å². The molecule has 120 valence electrons. The number of sulfone groups is 1. The molecule has 0 unspecified atom stereocenters. The highest BCUT2D eigenvalue weighted by molar-refractivity contribution is 7.91. The van der Waals surface area contributed by atoms with Gasteiger partial charge in [0, 0.05) is 0 Å². The number of methoxy groups -OCH3 is 1. The molecule has 1 saturated heterocycles. The van der Waals surface area contributed by atoms with Crippen LogP contribution in [-0.4, -0.2) is 44.3 Å². The molecule has 0 spiro atoms. The molecule has 1 aliphatic rings. The molecule has 2 N–H and O–H groups in total. The van der Waals surface area contributed by atoms with Gasteiger partial charge in [-0.1, -0.05) is 11.6 Å². The number of phenolic OH excluding ortho intramolecular Hbond substituents is 1. The molecular formula is C13H15ClN2O5S. The monoisotopic (exact) mass is 346 g/mol.